The number of benzene rings is 1. The van der Waals surface area contributed by atoms with Gasteiger partial charge in [0.25, 0.3) is 0 Å². The highest BCUT2D eigenvalue weighted by molar-refractivity contribution is 5.80. The molecule has 2 N–H and O–H groups in total. The molecule has 1 aliphatic rings. The Bertz CT molecular complexity index is 1280. The molecule has 1 aliphatic heterocycles. The monoisotopic (exact) mass is 616 g/mol. The third-order valence-corrected chi connectivity index (χ3v) is 6.77. The summed E-state index contributed by atoms with van der Waals surface area (Å²) in [6, 6.07) is 9.22. The quantitative estimate of drug-likeness (QED) is 0.203. The van der Waals surface area contributed by atoms with Gasteiger partial charge in [-0.15, -0.1) is 0 Å². The van der Waals surface area contributed by atoms with E-state index in [1.807, 2.05) is 30.3 Å². The van der Waals surface area contributed by atoms with Crippen LogP contribution in [0.4, 0.5) is 0 Å². The number of rotatable bonds is 12. The topological polar surface area (TPSA) is 169 Å². The van der Waals surface area contributed by atoms with Crippen LogP contribution < -0.4 is 14.8 Å². The van der Waals surface area contributed by atoms with E-state index in [1.165, 1.54) is 26.3 Å². The zero-order valence-corrected chi connectivity index (χ0v) is 25.7. The highest BCUT2D eigenvalue weighted by Gasteiger charge is 2.42. The number of carbonyl (C=O) groups excluding carboxylic acids is 4. The Balaban J connectivity index is 1.85. The van der Waals surface area contributed by atoms with Crippen molar-refractivity contribution in [2.75, 3.05) is 20.5 Å². The van der Waals surface area contributed by atoms with Crippen molar-refractivity contribution in [3.05, 3.63) is 53.9 Å². The van der Waals surface area contributed by atoms with Gasteiger partial charge in [-0.25, -0.2) is 0 Å². The maximum Gasteiger partial charge on any atom is 0.327 e. The minimum Gasteiger partial charge on any atom is -0.493 e. The number of nitrogens with zero attached hydrogens (tertiary/aromatic N) is 1. The van der Waals surface area contributed by atoms with Crippen LogP contribution in [-0.2, 0) is 44.5 Å². The maximum atomic E-state index is 13.4. The summed E-state index contributed by atoms with van der Waals surface area (Å²) >= 11 is 0. The van der Waals surface area contributed by atoms with Gasteiger partial charge in [-0.3, -0.25) is 29.5 Å². The highest BCUT2D eigenvalue weighted by Crippen LogP contribution is 2.33. The molecule has 1 aromatic carbocycles. The van der Waals surface area contributed by atoms with E-state index in [4.69, 9.17) is 28.4 Å². The smallest absolute Gasteiger partial charge is 0.327 e. The van der Waals surface area contributed by atoms with Gasteiger partial charge in [0.1, 0.15) is 30.4 Å². The SMILES string of the molecule is COc1ccnc(C(O)N[C@H]2COC(=O)[C@H](Cc3ccccc3)[C@@H](OC(=O)C(C)C)[C@H](C)OC2=O)c1OCOC(=O)C(C)C. The Morgan fingerprint density at radius 3 is 2.36 bits per heavy atom. The van der Waals surface area contributed by atoms with Gasteiger partial charge in [-0.05, 0) is 18.9 Å². The van der Waals surface area contributed by atoms with Crippen molar-refractivity contribution in [3.63, 3.8) is 0 Å². The van der Waals surface area contributed by atoms with Crippen LogP contribution in [0.25, 0.3) is 0 Å². The number of carbonyl (C=O) groups is 4. The van der Waals surface area contributed by atoms with Crippen molar-refractivity contribution in [2.45, 2.75) is 65.5 Å². The van der Waals surface area contributed by atoms with E-state index in [1.54, 1.807) is 27.7 Å². The van der Waals surface area contributed by atoms with Crippen molar-refractivity contribution in [1.29, 1.82) is 0 Å². The largest absolute Gasteiger partial charge is 0.493 e. The van der Waals surface area contributed by atoms with E-state index < -0.39 is 73.6 Å². The number of cyclic esters (lactones) is 2. The number of pyridine rings is 1. The van der Waals surface area contributed by atoms with Gasteiger partial charge >= 0.3 is 23.9 Å². The minimum absolute atomic E-state index is 0.0445. The number of aliphatic hydroxyl groups is 1. The molecule has 0 radical (unpaired) electrons. The molecule has 0 spiro atoms. The first-order chi connectivity index (χ1) is 20.9. The molecule has 13 heteroatoms. The predicted octanol–water partition coefficient (Wildman–Crippen LogP) is 2.49. The van der Waals surface area contributed by atoms with Gasteiger partial charge in [0.15, 0.2) is 23.8 Å². The summed E-state index contributed by atoms with van der Waals surface area (Å²) < 4.78 is 32.8. The summed E-state index contributed by atoms with van der Waals surface area (Å²) in [5.41, 5.74) is 0.696. The molecule has 5 atom stereocenters. The Morgan fingerprint density at radius 1 is 1.05 bits per heavy atom. The molecular formula is C31H40N2O11. The first kappa shape index (κ1) is 34.3. The average Bonchev–Trinajstić information content (AvgIpc) is 3.03. The Kier molecular flexibility index (Phi) is 12.5. The molecule has 0 bridgehead atoms. The molecule has 44 heavy (non-hydrogen) atoms. The Morgan fingerprint density at radius 2 is 1.73 bits per heavy atom. The zero-order chi connectivity index (χ0) is 32.4. The summed E-state index contributed by atoms with van der Waals surface area (Å²) in [4.78, 5) is 55.3. The fourth-order valence-electron chi connectivity index (χ4n) is 4.30. The number of ether oxygens (including phenoxy) is 6. The van der Waals surface area contributed by atoms with Gasteiger partial charge in [-0.2, -0.15) is 0 Å². The lowest BCUT2D eigenvalue weighted by Crippen LogP contribution is -2.46. The second-order valence-electron chi connectivity index (χ2n) is 10.9. The number of hydrogen-bond acceptors (Lipinski definition) is 13. The molecule has 2 aromatic rings. The number of esters is 4. The van der Waals surface area contributed by atoms with Crippen molar-refractivity contribution in [2.24, 2.45) is 17.8 Å². The maximum absolute atomic E-state index is 13.4. The lowest BCUT2D eigenvalue weighted by Gasteiger charge is -2.29. The minimum atomic E-state index is -1.65. The Labute approximate surface area is 256 Å². The molecule has 1 aromatic heterocycles. The summed E-state index contributed by atoms with van der Waals surface area (Å²) in [5, 5.41) is 13.8. The summed E-state index contributed by atoms with van der Waals surface area (Å²) in [6.07, 6.45) is -2.33. The van der Waals surface area contributed by atoms with E-state index in [0.29, 0.717) is 0 Å². The summed E-state index contributed by atoms with van der Waals surface area (Å²) in [5.74, 6) is -4.39. The third-order valence-electron chi connectivity index (χ3n) is 6.77. The van der Waals surface area contributed by atoms with Crippen molar-refractivity contribution in [3.8, 4) is 11.5 Å². The molecule has 0 saturated carbocycles. The molecule has 13 nitrogen and oxygen atoms in total. The van der Waals surface area contributed by atoms with Crippen molar-refractivity contribution < 1.29 is 52.7 Å². The molecule has 0 amide bonds. The second kappa shape index (κ2) is 16.0. The van der Waals surface area contributed by atoms with Crippen LogP contribution >= 0.6 is 0 Å². The van der Waals surface area contributed by atoms with E-state index in [9.17, 15) is 24.3 Å². The van der Waals surface area contributed by atoms with E-state index in [-0.39, 0.29) is 29.5 Å². The molecule has 1 fully saturated rings. The first-order valence-electron chi connectivity index (χ1n) is 14.3. The first-order valence-corrected chi connectivity index (χ1v) is 14.3. The van der Waals surface area contributed by atoms with Gasteiger partial charge in [0.2, 0.25) is 6.79 Å². The van der Waals surface area contributed by atoms with Crippen LogP contribution in [0.2, 0.25) is 0 Å². The number of hydrogen-bond donors (Lipinski definition) is 2. The van der Waals surface area contributed by atoms with Gasteiger partial charge < -0.3 is 33.5 Å². The molecule has 0 aliphatic carbocycles. The Hall–Kier alpha value is -4.23. The number of nitrogens with one attached hydrogen (secondary N) is 1. The molecular weight excluding hydrogens is 576 g/mol. The van der Waals surface area contributed by atoms with E-state index >= 15 is 0 Å². The summed E-state index contributed by atoms with van der Waals surface area (Å²) in [7, 11) is 1.37. The fraction of sp³-hybridized carbons (Fsp3) is 0.516. The van der Waals surface area contributed by atoms with E-state index in [0.717, 1.165) is 5.56 Å². The van der Waals surface area contributed by atoms with Crippen molar-refractivity contribution in [1.82, 2.24) is 10.3 Å². The molecule has 1 saturated heterocycles. The average molecular weight is 617 g/mol. The van der Waals surface area contributed by atoms with Gasteiger partial charge in [0.05, 0.1) is 18.9 Å². The number of aromatic nitrogens is 1. The standard InChI is InChI=1S/C31H40N2O11/c1-17(2)28(35)42-16-41-26-23(39-6)12-13-32-24(26)27(34)33-22-15-40-30(37)21(14-20-10-8-7-9-11-20)25(19(5)43-31(22)38)44-29(36)18(3)4/h7-13,17-19,21-22,25,27,33-34H,14-16H2,1-6H3/t19-,21+,22-,25-,27?/m0/s1. The van der Waals surface area contributed by atoms with Gasteiger partial charge in [-0.1, -0.05) is 58.0 Å². The van der Waals surface area contributed by atoms with Crippen molar-refractivity contribution >= 4 is 23.9 Å². The number of methoxy groups -OCH3 is 1. The highest BCUT2D eigenvalue weighted by atomic mass is 16.7. The van der Waals surface area contributed by atoms with Crippen LogP contribution in [0, 0.1) is 17.8 Å². The fourth-order valence-corrected chi connectivity index (χ4v) is 4.30. The summed E-state index contributed by atoms with van der Waals surface area (Å²) in [6.45, 7) is 7.15. The lowest BCUT2D eigenvalue weighted by molar-refractivity contribution is -0.176. The molecule has 240 valence electrons. The van der Waals surface area contributed by atoms with Gasteiger partial charge in [0, 0.05) is 12.3 Å². The van der Waals surface area contributed by atoms with Crippen LogP contribution in [-0.4, -0.2) is 72.7 Å². The predicted molar refractivity (Wildman–Crippen MR) is 154 cm³/mol. The third kappa shape index (κ3) is 9.13. The van der Waals surface area contributed by atoms with Crippen LogP contribution in [0.3, 0.4) is 0 Å². The van der Waals surface area contributed by atoms with Crippen LogP contribution in [0.15, 0.2) is 42.6 Å². The second-order valence-corrected chi connectivity index (χ2v) is 10.9. The number of aliphatic hydroxyl groups excluding tert-OH is 1. The molecule has 3 rings (SSSR count). The van der Waals surface area contributed by atoms with E-state index in [2.05, 4.69) is 10.3 Å². The lowest BCUT2D eigenvalue weighted by atomic mass is 9.91. The van der Waals surface area contributed by atoms with Crippen LogP contribution in [0.5, 0.6) is 11.5 Å². The zero-order valence-electron chi connectivity index (χ0n) is 25.7. The normalized spacial score (nSPS) is 21.3. The molecule has 1 unspecified atom stereocenters. The van der Waals surface area contributed by atoms with Crippen LogP contribution in [0.1, 0.15) is 52.1 Å². The molecule has 2 heterocycles.